The number of carbonyl (C=O) groups is 4. The van der Waals surface area contributed by atoms with Crippen molar-refractivity contribution >= 4 is 79.4 Å². The number of methoxy groups -OCH3 is 4. The Morgan fingerprint density at radius 3 is 1.51 bits per heavy atom. The molecule has 0 radical (unpaired) electrons. The van der Waals surface area contributed by atoms with Crippen molar-refractivity contribution in [3.63, 3.8) is 0 Å². The van der Waals surface area contributed by atoms with Crippen LogP contribution in [0.2, 0.25) is 0 Å². The SMILES string of the molecule is COc1cc(C(=O)N2CCC3(CC2)Cc2ccc(I)cc2C(=O)O3)cc2c(OC)cccc12.COc1cc(C(=O)N2CCC3(CC2)Cc2ccc(Nc4ccnn4C)cc2C(=O)O3)cc2c(OC)cccc12. The smallest absolute Gasteiger partial charge is 0.339 e. The standard InChI is InChI=1S/C30H30N4O5.C26H24INO5/c1-33-27(9-12-31-33)32-21-8-7-19-18-30(39-29(36)23(19)17-21)10-13-34(14-11-30)28(35)20-15-24-22(26(16-20)38-3)5-4-6-25(24)37-2;1-31-22-5-3-4-19-21(22)12-17(13-23(19)32-2)24(29)28-10-8-26(9-11-28)15-16-6-7-18(27)14-20(16)25(30)33-26/h4-9,12,15-17,32H,10-11,13-14,18H2,1-3H3;3-7,12-14H,8-11,15H2,1-2H3. The molecule has 1 aromatic heterocycles. The second-order valence-corrected chi connectivity index (χ2v) is 19.9. The average Bonchev–Trinajstić information content (AvgIpc) is 3.81. The second-order valence-electron chi connectivity index (χ2n) is 18.7. The molecule has 11 rings (SSSR count). The maximum absolute atomic E-state index is 13.5. The molecule has 2 spiro atoms. The number of hydrogen-bond acceptors (Lipinski definition) is 12. The van der Waals surface area contributed by atoms with Crippen molar-refractivity contribution in [1.82, 2.24) is 19.6 Å². The molecular weight excluding hydrogens is 1030 g/mol. The Morgan fingerprint density at radius 2 is 1.06 bits per heavy atom. The number of esters is 2. The maximum Gasteiger partial charge on any atom is 0.339 e. The molecule has 4 aliphatic heterocycles. The van der Waals surface area contributed by atoms with E-state index in [2.05, 4.69) is 33.0 Å². The molecule has 16 heteroatoms. The third kappa shape index (κ3) is 9.23. The number of nitrogens with one attached hydrogen (secondary N) is 1. The first-order valence-corrected chi connectivity index (χ1v) is 24.9. The Morgan fingerprint density at radius 1 is 0.583 bits per heavy atom. The number of aromatic nitrogens is 2. The fraction of sp³-hybridized carbons (Fsp3) is 0.304. The van der Waals surface area contributed by atoms with Gasteiger partial charge in [0, 0.05) is 120 Å². The third-order valence-electron chi connectivity index (χ3n) is 14.5. The topological polar surface area (TPSA) is 160 Å². The largest absolute Gasteiger partial charge is 0.496 e. The van der Waals surface area contributed by atoms with Crippen molar-refractivity contribution in [3.05, 3.63) is 146 Å². The number of nitrogens with zero attached hydrogens (tertiary/aromatic N) is 4. The molecule has 0 unspecified atom stereocenters. The van der Waals surface area contributed by atoms with Crippen LogP contribution < -0.4 is 24.3 Å². The van der Waals surface area contributed by atoms with Gasteiger partial charge in [0.15, 0.2) is 0 Å². The Hall–Kier alpha value is -7.34. The number of anilines is 2. The van der Waals surface area contributed by atoms with Crippen LogP contribution in [0, 0.1) is 3.57 Å². The Labute approximate surface area is 430 Å². The number of amides is 2. The lowest BCUT2D eigenvalue weighted by Gasteiger charge is -2.43. The number of carbonyl (C=O) groups excluding carboxylic acids is 4. The van der Waals surface area contributed by atoms with E-state index in [-0.39, 0.29) is 23.8 Å². The number of fused-ring (bicyclic) bond motifs is 4. The van der Waals surface area contributed by atoms with Gasteiger partial charge in [-0.2, -0.15) is 5.10 Å². The van der Waals surface area contributed by atoms with Crippen LogP contribution in [0.25, 0.3) is 21.5 Å². The highest BCUT2D eigenvalue weighted by Gasteiger charge is 2.45. The molecule has 7 aromatic rings. The molecule has 370 valence electrons. The average molecular weight is 1080 g/mol. The van der Waals surface area contributed by atoms with Gasteiger partial charge < -0.3 is 43.5 Å². The third-order valence-corrected chi connectivity index (χ3v) is 15.2. The van der Waals surface area contributed by atoms with Gasteiger partial charge in [-0.1, -0.05) is 36.4 Å². The molecule has 0 bridgehead atoms. The summed E-state index contributed by atoms with van der Waals surface area (Å²) in [5.41, 5.74) is 3.96. The van der Waals surface area contributed by atoms with Crippen molar-refractivity contribution in [3.8, 4) is 23.0 Å². The Bertz CT molecular complexity index is 3280. The summed E-state index contributed by atoms with van der Waals surface area (Å²) < 4.78 is 36.9. The molecule has 0 saturated carbocycles. The van der Waals surface area contributed by atoms with Crippen LogP contribution in [0.5, 0.6) is 23.0 Å². The van der Waals surface area contributed by atoms with E-state index in [0.29, 0.717) is 110 Å². The summed E-state index contributed by atoms with van der Waals surface area (Å²) >= 11 is 2.20. The highest BCUT2D eigenvalue weighted by Crippen LogP contribution is 2.41. The van der Waals surface area contributed by atoms with Gasteiger partial charge in [0.25, 0.3) is 11.8 Å². The van der Waals surface area contributed by atoms with Gasteiger partial charge in [0.2, 0.25) is 0 Å². The van der Waals surface area contributed by atoms with Gasteiger partial charge in [-0.05, 0) is 94.4 Å². The first-order valence-electron chi connectivity index (χ1n) is 23.8. The zero-order chi connectivity index (χ0) is 50.3. The lowest BCUT2D eigenvalue weighted by atomic mass is 9.81. The van der Waals surface area contributed by atoms with Crippen molar-refractivity contribution in [1.29, 1.82) is 0 Å². The first-order chi connectivity index (χ1) is 34.8. The first kappa shape index (κ1) is 48.3. The Balaban J connectivity index is 0.000000168. The minimum Gasteiger partial charge on any atom is -0.496 e. The quantitative estimate of drug-likeness (QED) is 0.114. The van der Waals surface area contributed by atoms with Gasteiger partial charge in [-0.15, -0.1) is 0 Å². The van der Waals surface area contributed by atoms with E-state index in [4.69, 9.17) is 28.4 Å². The summed E-state index contributed by atoms with van der Waals surface area (Å²) in [6, 6.07) is 32.3. The molecule has 0 atom stereocenters. The number of likely N-dealkylation sites (tertiary alicyclic amines) is 2. The van der Waals surface area contributed by atoms with Crippen LogP contribution in [-0.2, 0) is 29.4 Å². The van der Waals surface area contributed by atoms with E-state index in [0.717, 1.165) is 47.7 Å². The normalized spacial score (nSPS) is 16.5. The van der Waals surface area contributed by atoms with E-state index in [1.54, 1.807) is 51.5 Å². The van der Waals surface area contributed by atoms with E-state index >= 15 is 0 Å². The highest BCUT2D eigenvalue weighted by atomic mass is 127. The zero-order valence-corrected chi connectivity index (χ0v) is 42.9. The zero-order valence-electron chi connectivity index (χ0n) is 40.7. The van der Waals surface area contributed by atoms with Crippen LogP contribution in [0.4, 0.5) is 11.5 Å². The fourth-order valence-electron chi connectivity index (χ4n) is 10.6. The van der Waals surface area contributed by atoms with E-state index < -0.39 is 11.2 Å². The van der Waals surface area contributed by atoms with Crippen LogP contribution >= 0.6 is 22.6 Å². The van der Waals surface area contributed by atoms with E-state index in [9.17, 15) is 19.2 Å². The number of hydrogen-bond donors (Lipinski definition) is 1. The number of halogens is 1. The molecule has 2 fully saturated rings. The minimum atomic E-state index is -0.609. The number of benzene rings is 6. The molecule has 2 amide bonds. The number of aryl methyl sites for hydroxylation is 1. The Kier molecular flexibility index (Phi) is 13.2. The molecule has 2 saturated heterocycles. The summed E-state index contributed by atoms with van der Waals surface area (Å²) in [6.07, 6.45) is 5.41. The predicted molar refractivity (Wildman–Crippen MR) is 280 cm³/mol. The summed E-state index contributed by atoms with van der Waals surface area (Å²) in [4.78, 5) is 56.4. The molecule has 72 heavy (non-hydrogen) atoms. The van der Waals surface area contributed by atoms with Crippen LogP contribution in [0.1, 0.15) is 78.2 Å². The van der Waals surface area contributed by atoms with Crippen LogP contribution in [0.15, 0.2) is 109 Å². The number of rotatable bonds is 8. The predicted octanol–water partition coefficient (Wildman–Crippen LogP) is 9.57. The van der Waals surface area contributed by atoms with E-state index in [1.165, 1.54) is 0 Å². The van der Waals surface area contributed by atoms with Gasteiger partial charge in [-0.25, -0.2) is 9.59 Å². The van der Waals surface area contributed by atoms with Crippen molar-refractivity contribution in [2.24, 2.45) is 7.05 Å². The summed E-state index contributed by atoms with van der Waals surface area (Å²) in [5.74, 6) is 2.74. The molecule has 1 N–H and O–H groups in total. The lowest BCUT2D eigenvalue weighted by molar-refractivity contribution is -0.0537. The molecule has 0 aliphatic carbocycles. The van der Waals surface area contributed by atoms with Gasteiger partial charge in [0.1, 0.15) is 40.0 Å². The summed E-state index contributed by atoms with van der Waals surface area (Å²) in [6.45, 7) is 2.04. The maximum atomic E-state index is 13.5. The summed E-state index contributed by atoms with van der Waals surface area (Å²) in [7, 11) is 8.28. The monoisotopic (exact) mass is 1080 g/mol. The number of piperidine rings is 2. The number of ether oxygens (including phenoxy) is 6. The van der Waals surface area contributed by atoms with Gasteiger partial charge in [-0.3, -0.25) is 14.3 Å². The second kappa shape index (κ2) is 19.7. The van der Waals surface area contributed by atoms with Crippen LogP contribution in [0.3, 0.4) is 0 Å². The minimum absolute atomic E-state index is 0.0620. The van der Waals surface area contributed by atoms with Crippen LogP contribution in [-0.4, -0.2) is 109 Å². The summed E-state index contributed by atoms with van der Waals surface area (Å²) in [5, 5.41) is 10.9. The fourth-order valence-corrected chi connectivity index (χ4v) is 11.0. The van der Waals surface area contributed by atoms with Crippen molar-refractivity contribution in [2.75, 3.05) is 59.9 Å². The van der Waals surface area contributed by atoms with Gasteiger partial charge in [0.05, 0.1) is 45.8 Å². The lowest BCUT2D eigenvalue weighted by Crippen LogP contribution is -2.51. The van der Waals surface area contributed by atoms with Gasteiger partial charge >= 0.3 is 11.9 Å². The molecule has 5 heterocycles. The molecule has 15 nitrogen and oxygen atoms in total. The van der Waals surface area contributed by atoms with Crippen molar-refractivity contribution in [2.45, 2.75) is 49.7 Å². The molecule has 6 aromatic carbocycles. The van der Waals surface area contributed by atoms with Crippen molar-refractivity contribution < 1.29 is 47.6 Å². The highest BCUT2D eigenvalue weighted by molar-refractivity contribution is 14.1. The van der Waals surface area contributed by atoms with E-state index in [1.807, 2.05) is 108 Å². The molecular formula is C56H54IN5O10. The molecule has 4 aliphatic rings.